The normalized spacial score (nSPS) is 31.6. The topological polar surface area (TPSA) is 12.0 Å². The summed E-state index contributed by atoms with van der Waals surface area (Å²) in [5, 5.41) is 3.31. The smallest absolute Gasteiger partial charge is 0.0136 e. The molecular weight excluding hydrogens is 134 g/mol. The first-order valence-corrected chi connectivity index (χ1v) is 4.54. The van der Waals surface area contributed by atoms with Gasteiger partial charge in [0.2, 0.25) is 0 Å². The van der Waals surface area contributed by atoms with Crippen LogP contribution in [0.15, 0.2) is 11.1 Å². The van der Waals surface area contributed by atoms with Crippen LogP contribution in [0, 0.1) is 5.92 Å². The van der Waals surface area contributed by atoms with Crippen molar-refractivity contribution < 1.29 is 0 Å². The average Bonchev–Trinajstić information content (AvgIpc) is 2.80. The largest absolute Gasteiger partial charge is 0.316 e. The first kappa shape index (κ1) is 8.79. The van der Waals surface area contributed by atoms with Gasteiger partial charge >= 0.3 is 0 Å². The molecule has 0 aromatic rings. The molecule has 0 saturated heterocycles. The Bertz CT molecular complexity index is 170. The van der Waals surface area contributed by atoms with E-state index in [0.29, 0.717) is 0 Å². The lowest BCUT2D eigenvalue weighted by molar-refractivity contribution is 0.751. The number of hydrogen-bond acceptors (Lipinski definition) is 1. The molecule has 1 nitrogen and oxygen atoms in total. The fourth-order valence-corrected chi connectivity index (χ4v) is 1.59. The fraction of sp³-hybridized carbons (Fsp3) is 0.800. The van der Waals surface area contributed by atoms with E-state index in [4.69, 9.17) is 0 Å². The minimum absolute atomic E-state index is 0.775. The Kier molecular flexibility index (Phi) is 2.72. The summed E-state index contributed by atoms with van der Waals surface area (Å²) in [6.07, 6.45) is 2.55. The first-order valence-electron chi connectivity index (χ1n) is 4.54. The molecule has 1 saturated carbocycles. The Hall–Kier alpha value is -0.300. The molecule has 1 rings (SSSR count). The molecule has 64 valence electrons. The third-order valence-corrected chi connectivity index (χ3v) is 2.92. The Balaban J connectivity index is 2.50. The van der Waals surface area contributed by atoms with E-state index in [2.05, 4.69) is 33.1 Å². The van der Waals surface area contributed by atoms with Gasteiger partial charge in [-0.15, -0.1) is 0 Å². The second kappa shape index (κ2) is 3.40. The first-order chi connectivity index (χ1) is 5.20. The van der Waals surface area contributed by atoms with Crippen LogP contribution in [-0.4, -0.2) is 13.1 Å². The maximum Gasteiger partial charge on any atom is 0.0136 e. The van der Waals surface area contributed by atoms with Gasteiger partial charge in [0, 0.05) is 6.04 Å². The molecule has 1 aliphatic rings. The maximum absolute atomic E-state index is 3.31. The van der Waals surface area contributed by atoms with Crippen LogP contribution in [0.2, 0.25) is 0 Å². The predicted molar refractivity (Wildman–Crippen MR) is 49.6 cm³/mol. The van der Waals surface area contributed by atoms with E-state index in [0.717, 1.165) is 12.0 Å². The summed E-state index contributed by atoms with van der Waals surface area (Å²) in [5.41, 5.74) is 3.19. The highest BCUT2D eigenvalue weighted by atomic mass is 14.9. The van der Waals surface area contributed by atoms with Crippen LogP contribution in [0.25, 0.3) is 0 Å². The molecule has 0 amide bonds. The number of allylic oxidation sites excluding steroid dienone is 1. The summed E-state index contributed by atoms with van der Waals surface area (Å²) in [5.74, 6) is 0.847. The second-order valence-corrected chi connectivity index (χ2v) is 3.55. The summed E-state index contributed by atoms with van der Waals surface area (Å²) >= 11 is 0. The molecule has 1 aliphatic carbocycles. The Labute approximate surface area is 69.9 Å². The number of rotatable bonds is 3. The standard InChI is InChI=1S/C10H19N/c1-5-7(2)8(3)9-6-10(9)11-4/h9-11H,5-6H2,1-4H3/b8-7+. The molecule has 1 heteroatoms. The monoisotopic (exact) mass is 153 g/mol. The van der Waals surface area contributed by atoms with Crippen molar-refractivity contribution in [3.63, 3.8) is 0 Å². The molecule has 0 bridgehead atoms. The molecule has 0 spiro atoms. The summed E-state index contributed by atoms with van der Waals surface area (Å²) in [7, 11) is 2.05. The van der Waals surface area contributed by atoms with Gasteiger partial charge in [0.05, 0.1) is 0 Å². The molecule has 2 atom stereocenters. The van der Waals surface area contributed by atoms with Crippen molar-refractivity contribution in [2.45, 2.75) is 39.7 Å². The van der Waals surface area contributed by atoms with Crippen LogP contribution in [0.4, 0.5) is 0 Å². The lowest BCUT2D eigenvalue weighted by atomic mass is 10.0. The molecule has 0 aromatic carbocycles. The highest BCUT2D eigenvalue weighted by molar-refractivity contribution is 5.21. The van der Waals surface area contributed by atoms with Crippen molar-refractivity contribution in [2.75, 3.05) is 7.05 Å². The van der Waals surface area contributed by atoms with Crippen LogP contribution in [0.3, 0.4) is 0 Å². The highest BCUT2D eigenvalue weighted by Crippen LogP contribution is 2.38. The van der Waals surface area contributed by atoms with Crippen LogP contribution < -0.4 is 5.32 Å². The van der Waals surface area contributed by atoms with E-state index < -0.39 is 0 Å². The van der Waals surface area contributed by atoms with Crippen molar-refractivity contribution in [3.8, 4) is 0 Å². The number of hydrogen-bond donors (Lipinski definition) is 1. The molecule has 0 heterocycles. The van der Waals surface area contributed by atoms with Gasteiger partial charge < -0.3 is 5.32 Å². The van der Waals surface area contributed by atoms with Crippen molar-refractivity contribution >= 4 is 0 Å². The molecule has 11 heavy (non-hydrogen) atoms. The van der Waals surface area contributed by atoms with Gasteiger partial charge in [-0.1, -0.05) is 18.1 Å². The van der Waals surface area contributed by atoms with Crippen molar-refractivity contribution in [3.05, 3.63) is 11.1 Å². The minimum atomic E-state index is 0.775. The minimum Gasteiger partial charge on any atom is -0.316 e. The zero-order chi connectivity index (χ0) is 8.43. The lowest BCUT2D eigenvalue weighted by Crippen LogP contribution is -2.11. The van der Waals surface area contributed by atoms with Gasteiger partial charge in [0.1, 0.15) is 0 Å². The van der Waals surface area contributed by atoms with E-state index in [1.807, 2.05) is 0 Å². The molecule has 1 N–H and O–H groups in total. The van der Waals surface area contributed by atoms with E-state index in [1.54, 1.807) is 11.1 Å². The van der Waals surface area contributed by atoms with Crippen molar-refractivity contribution in [1.82, 2.24) is 5.32 Å². The summed E-state index contributed by atoms with van der Waals surface area (Å²) in [4.78, 5) is 0. The molecule has 2 unspecified atom stereocenters. The van der Waals surface area contributed by atoms with Crippen LogP contribution >= 0.6 is 0 Å². The fourth-order valence-electron chi connectivity index (χ4n) is 1.59. The van der Waals surface area contributed by atoms with Gasteiger partial charge in [0.25, 0.3) is 0 Å². The lowest BCUT2D eigenvalue weighted by Gasteiger charge is -2.04. The van der Waals surface area contributed by atoms with Crippen molar-refractivity contribution in [2.24, 2.45) is 5.92 Å². The quantitative estimate of drug-likeness (QED) is 0.614. The predicted octanol–water partition coefficient (Wildman–Crippen LogP) is 2.34. The average molecular weight is 153 g/mol. The number of nitrogens with one attached hydrogen (secondary N) is 1. The van der Waals surface area contributed by atoms with E-state index >= 15 is 0 Å². The summed E-state index contributed by atoms with van der Waals surface area (Å²) in [6, 6.07) is 0.775. The van der Waals surface area contributed by atoms with Gasteiger partial charge in [-0.3, -0.25) is 0 Å². The van der Waals surface area contributed by atoms with Crippen LogP contribution in [-0.2, 0) is 0 Å². The van der Waals surface area contributed by atoms with Crippen LogP contribution in [0.1, 0.15) is 33.6 Å². The second-order valence-electron chi connectivity index (χ2n) is 3.55. The van der Waals surface area contributed by atoms with Crippen molar-refractivity contribution in [1.29, 1.82) is 0 Å². The van der Waals surface area contributed by atoms with E-state index in [9.17, 15) is 0 Å². The Morgan fingerprint density at radius 3 is 2.45 bits per heavy atom. The van der Waals surface area contributed by atoms with Gasteiger partial charge in [-0.05, 0) is 39.7 Å². The zero-order valence-electron chi connectivity index (χ0n) is 8.07. The molecular formula is C10H19N. The maximum atomic E-state index is 3.31. The van der Waals surface area contributed by atoms with E-state index in [1.165, 1.54) is 12.8 Å². The SMILES string of the molecule is CC/C(C)=C(\C)C1CC1NC. The Morgan fingerprint density at radius 2 is 2.09 bits per heavy atom. The molecule has 0 aromatic heterocycles. The van der Waals surface area contributed by atoms with Gasteiger partial charge in [0.15, 0.2) is 0 Å². The van der Waals surface area contributed by atoms with Gasteiger partial charge in [-0.25, -0.2) is 0 Å². The zero-order valence-corrected chi connectivity index (χ0v) is 8.07. The van der Waals surface area contributed by atoms with E-state index in [-0.39, 0.29) is 0 Å². The highest BCUT2D eigenvalue weighted by Gasteiger charge is 2.37. The molecule has 0 radical (unpaired) electrons. The summed E-state index contributed by atoms with van der Waals surface area (Å²) < 4.78 is 0. The molecule has 1 fully saturated rings. The summed E-state index contributed by atoms with van der Waals surface area (Å²) in [6.45, 7) is 6.76. The van der Waals surface area contributed by atoms with Crippen LogP contribution in [0.5, 0.6) is 0 Å². The third-order valence-electron chi connectivity index (χ3n) is 2.92. The molecule has 0 aliphatic heterocycles. The Morgan fingerprint density at radius 1 is 1.45 bits per heavy atom. The van der Waals surface area contributed by atoms with Gasteiger partial charge in [-0.2, -0.15) is 0 Å². The third kappa shape index (κ3) is 1.84.